The average molecular weight is 254 g/mol. The van der Waals surface area contributed by atoms with Crippen molar-refractivity contribution >= 4 is 15.5 Å². The van der Waals surface area contributed by atoms with Crippen molar-refractivity contribution in [1.82, 2.24) is 5.32 Å². The first kappa shape index (κ1) is 12.4. The summed E-state index contributed by atoms with van der Waals surface area (Å²) in [5, 5.41) is 3.35. The van der Waals surface area contributed by atoms with Crippen LogP contribution in [-0.4, -0.2) is 40.3 Å². The van der Waals surface area contributed by atoms with E-state index in [9.17, 15) is 8.42 Å². The minimum Gasteiger partial charge on any atom is -0.368 e. The topological polar surface area (TPSA) is 49.4 Å². The first-order valence-electron chi connectivity index (χ1n) is 5.76. The van der Waals surface area contributed by atoms with Crippen LogP contribution in [0, 0.1) is 0 Å². The summed E-state index contributed by atoms with van der Waals surface area (Å²) in [6.07, 6.45) is 1.26. The smallest absolute Gasteiger partial charge is 0.177 e. The Hall–Kier alpha value is -1.07. The lowest BCUT2D eigenvalue weighted by Gasteiger charge is -2.34. The molecule has 0 spiro atoms. The molecule has 1 aromatic carbocycles. The van der Waals surface area contributed by atoms with Gasteiger partial charge in [0.15, 0.2) is 9.84 Å². The maximum Gasteiger partial charge on any atom is 0.177 e. The first-order chi connectivity index (χ1) is 7.98. The van der Waals surface area contributed by atoms with Crippen LogP contribution >= 0.6 is 0 Å². The standard InChI is InChI=1S/C12H18N2O2S/c1-10-9-14(8-7-13-10)11-5-3-4-6-12(11)17(2,15)16/h3-6,10,13H,7-9H2,1-2H3/t10-/m1/s1. The number of hydrogen-bond donors (Lipinski definition) is 1. The third-order valence-corrected chi connectivity index (χ3v) is 4.12. The summed E-state index contributed by atoms with van der Waals surface area (Å²) < 4.78 is 23.5. The molecule has 1 N–H and O–H groups in total. The summed E-state index contributed by atoms with van der Waals surface area (Å²) in [7, 11) is -3.16. The van der Waals surface area contributed by atoms with Gasteiger partial charge in [-0.05, 0) is 19.1 Å². The molecule has 0 unspecified atom stereocenters. The molecule has 94 valence electrons. The van der Waals surface area contributed by atoms with Gasteiger partial charge in [0.05, 0.1) is 10.6 Å². The van der Waals surface area contributed by atoms with Crippen LogP contribution in [0.4, 0.5) is 5.69 Å². The first-order valence-corrected chi connectivity index (χ1v) is 7.65. The molecule has 1 saturated heterocycles. The summed E-state index contributed by atoms with van der Waals surface area (Å²) in [6.45, 7) is 4.68. The van der Waals surface area contributed by atoms with Crippen molar-refractivity contribution in [3.63, 3.8) is 0 Å². The quantitative estimate of drug-likeness (QED) is 0.851. The van der Waals surface area contributed by atoms with Crippen molar-refractivity contribution in [2.24, 2.45) is 0 Å². The van der Waals surface area contributed by atoms with Gasteiger partial charge in [-0.25, -0.2) is 8.42 Å². The Balaban J connectivity index is 2.38. The number of anilines is 1. The number of benzene rings is 1. The zero-order valence-corrected chi connectivity index (χ0v) is 11.0. The third kappa shape index (κ3) is 2.79. The monoisotopic (exact) mass is 254 g/mol. The Morgan fingerprint density at radius 1 is 1.35 bits per heavy atom. The van der Waals surface area contributed by atoms with Crippen LogP contribution in [0.15, 0.2) is 29.2 Å². The molecule has 0 amide bonds. The van der Waals surface area contributed by atoms with Crippen molar-refractivity contribution < 1.29 is 8.42 Å². The molecular weight excluding hydrogens is 236 g/mol. The van der Waals surface area contributed by atoms with E-state index in [-0.39, 0.29) is 0 Å². The van der Waals surface area contributed by atoms with E-state index in [1.165, 1.54) is 6.26 Å². The number of hydrogen-bond acceptors (Lipinski definition) is 4. The van der Waals surface area contributed by atoms with E-state index in [0.29, 0.717) is 10.9 Å². The molecule has 1 aromatic rings. The molecule has 0 bridgehead atoms. The second-order valence-electron chi connectivity index (χ2n) is 4.54. The molecule has 1 aliphatic rings. The van der Waals surface area contributed by atoms with E-state index < -0.39 is 9.84 Å². The molecule has 1 fully saturated rings. The number of sulfone groups is 1. The third-order valence-electron chi connectivity index (χ3n) is 2.97. The lowest BCUT2D eigenvalue weighted by atomic mass is 10.2. The number of para-hydroxylation sites is 1. The predicted molar refractivity (Wildman–Crippen MR) is 69.2 cm³/mol. The van der Waals surface area contributed by atoms with Gasteiger partial charge in [-0.15, -0.1) is 0 Å². The summed E-state index contributed by atoms with van der Waals surface area (Å²) in [5.41, 5.74) is 0.823. The van der Waals surface area contributed by atoms with Gasteiger partial charge in [0, 0.05) is 31.9 Å². The second kappa shape index (κ2) is 4.66. The largest absolute Gasteiger partial charge is 0.368 e. The van der Waals surface area contributed by atoms with Crippen molar-refractivity contribution in [3.8, 4) is 0 Å². The second-order valence-corrected chi connectivity index (χ2v) is 6.53. The molecule has 1 aliphatic heterocycles. The van der Waals surface area contributed by atoms with Gasteiger partial charge in [0.1, 0.15) is 0 Å². The molecule has 17 heavy (non-hydrogen) atoms. The van der Waals surface area contributed by atoms with Crippen molar-refractivity contribution in [3.05, 3.63) is 24.3 Å². The van der Waals surface area contributed by atoms with Crippen LogP contribution < -0.4 is 10.2 Å². The molecule has 0 aliphatic carbocycles. The molecule has 2 rings (SSSR count). The minimum absolute atomic E-state index is 0.386. The molecule has 0 aromatic heterocycles. The van der Waals surface area contributed by atoms with Gasteiger partial charge in [-0.3, -0.25) is 0 Å². The molecular formula is C12H18N2O2S. The summed E-state index contributed by atoms with van der Waals surface area (Å²) in [4.78, 5) is 2.56. The maximum atomic E-state index is 11.7. The number of nitrogens with one attached hydrogen (secondary N) is 1. The van der Waals surface area contributed by atoms with Gasteiger partial charge in [0.2, 0.25) is 0 Å². The van der Waals surface area contributed by atoms with Crippen LogP contribution in [0.25, 0.3) is 0 Å². The Kier molecular flexibility index (Phi) is 3.40. The zero-order chi connectivity index (χ0) is 12.5. The highest BCUT2D eigenvalue weighted by Crippen LogP contribution is 2.25. The molecule has 1 atom stereocenters. The van der Waals surface area contributed by atoms with Crippen molar-refractivity contribution in [1.29, 1.82) is 0 Å². The van der Waals surface area contributed by atoms with Gasteiger partial charge in [-0.1, -0.05) is 12.1 Å². The highest BCUT2D eigenvalue weighted by molar-refractivity contribution is 7.90. The van der Waals surface area contributed by atoms with Crippen LogP contribution in [0.5, 0.6) is 0 Å². The lowest BCUT2D eigenvalue weighted by molar-refractivity contribution is 0.483. The average Bonchev–Trinajstić information content (AvgIpc) is 2.28. The van der Waals surface area contributed by atoms with Crippen LogP contribution in [0.3, 0.4) is 0 Å². The van der Waals surface area contributed by atoms with E-state index in [0.717, 1.165) is 25.3 Å². The molecule has 5 heteroatoms. The fraction of sp³-hybridized carbons (Fsp3) is 0.500. The van der Waals surface area contributed by atoms with Gasteiger partial charge < -0.3 is 10.2 Å². The Morgan fingerprint density at radius 2 is 2.06 bits per heavy atom. The van der Waals surface area contributed by atoms with Crippen molar-refractivity contribution in [2.45, 2.75) is 17.9 Å². The summed E-state index contributed by atoms with van der Waals surface area (Å²) >= 11 is 0. The highest BCUT2D eigenvalue weighted by Gasteiger charge is 2.21. The van der Waals surface area contributed by atoms with Crippen molar-refractivity contribution in [2.75, 3.05) is 30.8 Å². The van der Waals surface area contributed by atoms with Crippen LogP contribution in [0.2, 0.25) is 0 Å². The highest BCUT2D eigenvalue weighted by atomic mass is 32.2. The normalized spacial score (nSPS) is 21.5. The summed E-state index contributed by atoms with van der Waals surface area (Å²) in [5.74, 6) is 0. The summed E-state index contributed by atoms with van der Waals surface area (Å²) in [6, 6.07) is 7.60. The number of rotatable bonds is 2. The van der Waals surface area contributed by atoms with Gasteiger partial charge >= 0.3 is 0 Å². The van der Waals surface area contributed by atoms with E-state index in [1.54, 1.807) is 12.1 Å². The lowest BCUT2D eigenvalue weighted by Crippen LogP contribution is -2.49. The van der Waals surface area contributed by atoms with E-state index >= 15 is 0 Å². The maximum absolute atomic E-state index is 11.7. The zero-order valence-electron chi connectivity index (χ0n) is 10.2. The van der Waals surface area contributed by atoms with Crippen LogP contribution in [0.1, 0.15) is 6.92 Å². The number of nitrogens with zero attached hydrogens (tertiary/aromatic N) is 1. The van der Waals surface area contributed by atoms with E-state index in [2.05, 4.69) is 17.1 Å². The Labute approximate surface area is 103 Å². The molecule has 1 heterocycles. The van der Waals surface area contributed by atoms with E-state index in [1.807, 2.05) is 12.1 Å². The molecule has 0 radical (unpaired) electrons. The van der Waals surface area contributed by atoms with Crippen LogP contribution in [-0.2, 0) is 9.84 Å². The van der Waals surface area contributed by atoms with E-state index in [4.69, 9.17) is 0 Å². The number of piperazine rings is 1. The predicted octanol–water partition coefficient (Wildman–Crippen LogP) is 0.888. The minimum atomic E-state index is -3.16. The fourth-order valence-corrected chi connectivity index (χ4v) is 3.09. The van der Waals surface area contributed by atoms with Gasteiger partial charge in [-0.2, -0.15) is 0 Å². The molecule has 4 nitrogen and oxygen atoms in total. The van der Waals surface area contributed by atoms with Gasteiger partial charge in [0.25, 0.3) is 0 Å². The molecule has 0 saturated carbocycles. The SMILES string of the molecule is C[C@@H]1CN(c2ccccc2S(C)(=O)=O)CCN1. The fourth-order valence-electron chi connectivity index (χ4n) is 2.18. The Morgan fingerprint density at radius 3 is 2.71 bits per heavy atom. The Bertz CT molecular complexity index is 499.